The first-order valence-corrected chi connectivity index (χ1v) is 6.79. The zero-order valence-corrected chi connectivity index (χ0v) is 11.1. The highest BCUT2D eigenvalue weighted by Crippen LogP contribution is 2.23. The molecule has 0 aliphatic carbocycles. The van der Waals surface area contributed by atoms with E-state index in [1.807, 2.05) is 11.0 Å². The Hall–Kier alpha value is -2.17. The van der Waals surface area contributed by atoms with Crippen molar-refractivity contribution in [3.63, 3.8) is 0 Å². The molecule has 1 aliphatic rings. The average Bonchev–Trinajstić information content (AvgIpc) is 3.09. The molecule has 3 rings (SSSR count). The third kappa shape index (κ3) is 2.57. The van der Waals surface area contributed by atoms with Gasteiger partial charge in [-0.2, -0.15) is 5.10 Å². The van der Waals surface area contributed by atoms with Gasteiger partial charge in [0.1, 0.15) is 11.5 Å². The number of halogens is 1. The van der Waals surface area contributed by atoms with Gasteiger partial charge in [-0.3, -0.25) is 9.89 Å². The SMILES string of the molecule is O=C(c1ccn[nH]1)N1CCCC1Cc1cccc(F)c1. The van der Waals surface area contributed by atoms with Crippen LogP contribution >= 0.6 is 0 Å². The van der Waals surface area contributed by atoms with Gasteiger partial charge in [-0.25, -0.2) is 4.39 Å². The summed E-state index contributed by atoms with van der Waals surface area (Å²) in [6.45, 7) is 0.748. The Labute approximate surface area is 116 Å². The van der Waals surface area contributed by atoms with Crippen molar-refractivity contribution in [2.45, 2.75) is 25.3 Å². The number of benzene rings is 1. The van der Waals surface area contributed by atoms with Crippen molar-refractivity contribution in [3.8, 4) is 0 Å². The summed E-state index contributed by atoms with van der Waals surface area (Å²) in [5.74, 6) is -0.256. The molecule has 2 heterocycles. The zero-order valence-electron chi connectivity index (χ0n) is 11.1. The Morgan fingerprint density at radius 2 is 2.35 bits per heavy atom. The van der Waals surface area contributed by atoms with Gasteiger partial charge in [-0.15, -0.1) is 0 Å². The third-order valence-electron chi connectivity index (χ3n) is 3.73. The van der Waals surface area contributed by atoms with Crippen LogP contribution in [0.5, 0.6) is 0 Å². The van der Waals surface area contributed by atoms with Crippen LogP contribution in [-0.2, 0) is 6.42 Å². The molecule has 1 amide bonds. The van der Waals surface area contributed by atoms with Crippen molar-refractivity contribution < 1.29 is 9.18 Å². The number of aromatic amines is 1. The fourth-order valence-corrected chi connectivity index (χ4v) is 2.78. The fourth-order valence-electron chi connectivity index (χ4n) is 2.78. The second kappa shape index (κ2) is 5.45. The number of carbonyl (C=O) groups excluding carboxylic acids is 1. The van der Waals surface area contributed by atoms with Crippen molar-refractivity contribution >= 4 is 5.91 Å². The number of hydrogen-bond acceptors (Lipinski definition) is 2. The first kappa shape index (κ1) is 12.8. The largest absolute Gasteiger partial charge is 0.334 e. The van der Waals surface area contributed by atoms with Gasteiger partial charge in [0.15, 0.2) is 0 Å². The van der Waals surface area contributed by atoms with E-state index in [2.05, 4.69) is 10.2 Å². The van der Waals surface area contributed by atoms with Gasteiger partial charge in [0.2, 0.25) is 0 Å². The van der Waals surface area contributed by atoms with Gasteiger partial charge < -0.3 is 4.90 Å². The number of aromatic nitrogens is 2. The lowest BCUT2D eigenvalue weighted by atomic mass is 10.0. The highest BCUT2D eigenvalue weighted by molar-refractivity contribution is 5.92. The second-order valence-corrected chi connectivity index (χ2v) is 5.10. The monoisotopic (exact) mass is 273 g/mol. The van der Waals surface area contributed by atoms with E-state index in [-0.39, 0.29) is 17.8 Å². The van der Waals surface area contributed by atoms with Crippen molar-refractivity contribution in [2.75, 3.05) is 6.54 Å². The Morgan fingerprint density at radius 3 is 3.10 bits per heavy atom. The Balaban J connectivity index is 1.74. The van der Waals surface area contributed by atoms with Crippen LogP contribution in [-0.4, -0.2) is 33.6 Å². The minimum atomic E-state index is -0.230. The molecule has 0 saturated carbocycles. The molecule has 1 N–H and O–H groups in total. The van der Waals surface area contributed by atoms with E-state index in [0.717, 1.165) is 24.9 Å². The molecule has 1 aromatic carbocycles. The van der Waals surface area contributed by atoms with Crippen molar-refractivity contribution in [1.82, 2.24) is 15.1 Å². The molecule has 20 heavy (non-hydrogen) atoms. The van der Waals surface area contributed by atoms with Gasteiger partial charge in [-0.1, -0.05) is 12.1 Å². The molecular weight excluding hydrogens is 257 g/mol. The Morgan fingerprint density at radius 1 is 1.45 bits per heavy atom. The maximum absolute atomic E-state index is 13.2. The van der Waals surface area contributed by atoms with Gasteiger partial charge >= 0.3 is 0 Å². The molecule has 1 aromatic heterocycles. The minimum absolute atomic E-state index is 0.0265. The lowest BCUT2D eigenvalue weighted by molar-refractivity contribution is 0.0730. The summed E-state index contributed by atoms with van der Waals surface area (Å²) in [6, 6.07) is 8.40. The van der Waals surface area contributed by atoms with Gasteiger partial charge in [0.05, 0.1) is 0 Å². The lowest BCUT2D eigenvalue weighted by Crippen LogP contribution is -2.37. The number of H-pyrrole nitrogens is 1. The molecule has 1 aliphatic heterocycles. The Bertz CT molecular complexity index is 597. The van der Waals surface area contributed by atoms with E-state index >= 15 is 0 Å². The van der Waals surface area contributed by atoms with Crippen LogP contribution in [0.3, 0.4) is 0 Å². The summed E-state index contributed by atoms with van der Waals surface area (Å²) in [5.41, 5.74) is 1.44. The summed E-state index contributed by atoms with van der Waals surface area (Å²) in [6.07, 6.45) is 4.21. The van der Waals surface area contributed by atoms with E-state index in [0.29, 0.717) is 12.1 Å². The topological polar surface area (TPSA) is 49.0 Å². The van der Waals surface area contributed by atoms with Crippen LogP contribution in [0.15, 0.2) is 36.5 Å². The van der Waals surface area contributed by atoms with E-state index in [1.54, 1.807) is 18.3 Å². The normalized spacial score (nSPS) is 18.4. The van der Waals surface area contributed by atoms with Crippen LogP contribution in [0.1, 0.15) is 28.9 Å². The van der Waals surface area contributed by atoms with E-state index in [9.17, 15) is 9.18 Å². The molecule has 1 saturated heterocycles. The lowest BCUT2D eigenvalue weighted by Gasteiger charge is -2.24. The average molecular weight is 273 g/mol. The predicted molar refractivity (Wildman–Crippen MR) is 72.8 cm³/mol. The van der Waals surface area contributed by atoms with E-state index in [1.165, 1.54) is 12.1 Å². The van der Waals surface area contributed by atoms with Gasteiger partial charge in [0.25, 0.3) is 5.91 Å². The quantitative estimate of drug-likeness (QED) is 0.933. The van der Waals surface area contributed by atoms with Gasteiger partial charge in [-0.05, 0) is 43.0 Å². The summed E-state index contributed by atoms with van der Waals surface area (Å²) in [5, 5.41) is 6.52. The van der Waals surface area contributed by atoms with E-state index in [4.69, 9.17) is 0 Å². The smallest absolute Gasteiger partial charge is 0.272 e. The van der Waals surface area contributed by atoms with Gasteiger partial charge in [0, 0.05) is 18.8 Å². The van der Waals surface area contributed by atoms with Crippen LogP contribution in [0.4, 0.5) is 4.39 Å². The van der Waals surface area contributed by atoms with Crippen molar-refractivity contribution in [2.24, 2.45) is 0 Å². The standard InChI is InChI=1S/C15H16FN3O/c16-12-4-1-3-11(9-12)10-13-5-2-8-19(13)15(20)14-6-7-17-18-14/h1,3-4,6-7,9,13H,2,5,8,10H2,(H,17,18). The molecule has 5 heteroatoms. The molecule has 1 atom stereocenters. The number of rotatable bonds is 3. The molecular formula is C15H16FN3O. The zero-order chi connectivity index (χ0) is 13.9. The maximum atomic E-state index is 13.2. The Kier molecular flexibility index (Phi) is 3.50. The number of hydrogen-bond donors (Lipinski definition) is 1. The first-order valence-electron chi connectivity index (χ1n) is 6.79. The van der Waals surface area contributed by atoms with Crippen molar-refractivity contribution in [3.05, 3.63) is 53.6 Å². The highest BCUT2D eigenvalue weighted by atomic mass is 19.1. The number of nitrogens with one attached hydrogen (secondary N) is 1. The number of amides is 1. The summed E-state index contributed by atoms with van der Waals surface area (Å²) in [7, 11) is 0. The molecule has 104 valence electrons. The number of carbonyl (C=O) groups is 1. The molecule has 0 bridgehead atoms. The number of likely N-dealkylation sites (tertiary alicyclic amines) is 1. The molecule has 2 aromatic rings. The molecule has 0 spiro atoms. The van der Waals surface area contributed by atoms with Crippen LogP contribution < -0.4 is 0 Å². The first-order chi connectivity index (χ1) is 9.74. The predicted octanol–water partition coefficient (Wildman–Crippen LogP) is 2.40. The number of nitrogens with zero attached hydrogens (tertiary/aromatic N) is 2. The fraction of sp³-hybridized carbons (Fsp3) is 0.333. The third-order valence-corrected chi connectivity index (χ3v) is 3.73. The van der Waals surface area contributed by atoms with Crippen molar-refractivity contribution in [1.29, 1.82) is 0 Å². The molecule has 0 radical (unpaired) electrons. The van der Waals surface area contributed by atoms with E-state index < -0.39 is 0 Å². The molecule has 1 fully saturated rings. The molecule has 1 unspecified atom stereocenters. The summed E-state index contributed by atoms with van der Waals surface area (Å²) >= 11 is 0. The van der Waals surface area contributed by atoms with Crippen LogP contribution in [0.2, 0.25) is 0 Å². The highest BCUT2D eigenvalue weighted by Gasteiger charge is 2.30. The maximum Gasteiger partial charge on any atom is 0.272 e. The van der Waals surface area contributed by atoms with Crippen LogP contribution in [0.25, 0.3) is 0 Å². The summed E-state index contributed by atoms with van der Waals surface area (Å²) < 4.78 is 13.2. The van der Waals surface area contributed by atoms with Crippen LogP contribution in [0, 0.1) is 5.82 Å². The second-order valence-electron chi connectivity index (χ2n) is 5.10. The minimum Gasteiger partial charge on any atom is -0.334 e. The summed E-state index contributed by atoms with van der Waals surface area (Å²) in [4.78, 5) is 14.2. The molecule has 4 nitrogen and oxygen atoms in total.